The van der Waals surface area contributed by atoms with E-state index in [-0.39, 0.29) is 54.7 Å². The highest BCUT2D eigenvalue weighted by atomic mass is 32.1. The van der Waals surface area contributed by atoms with Gasteiger partial charge in [0.15, 0.2) is 23.3 Å². The van der Waals surface area contributed by atoms with Crippen LogP contribution < -0.4 is 30.5 Å². The van der Waals surface area contributed by atoms with Gasteiger partial charge in [-0.25, -0.2) is 13.8 Å². The van der Waals surface area contributed by atoms with Gasteiger partial charge < -0.3 is 40.3 Å². The first-order valence-corrected chi connectivity index (χ1v) is 23.7. The monoisotopic (exact) mass is 948 g/mol. The third-order valence-corrected chi connectivity index (χ3v) is 13.5. The van der Waals surface area contributed by atoms with Crippen LogP contribution in [0.1, 0.15) is 77.4 Å². The molecule has 2 saturated heterocycles. The van der Waals surface area contributed by atoms with Crippen molar-refractivity contribution in [2.45, 2.75) is 85.4 Å². The molecule has 4 N–H and O–H groups in total. The Kier molecular flexibility index (Phi) is 15.3. The van der Waals surface area contributed by atoms with E-state index in [0.717, 1.165) is 22.3 Å². The van der Waals surface area contributed by atoms with E-state index < -0.39 is 46.4 Å². The maximum Gasteiger partial charge on any atom is 0.257 e. The fraction of sp³-hybridized carbons (Fsp3) is 0.531. The van der Waals surface area contributed by atoms with Gasteiger partial charge in [-0.3, -0.25) is 24.3 Å². The number of pyridine rings is 1. The lowest BCUT2D eigenvalue weighted by Gasteiger charge is -2.40. The zero-order chi connectivity index (χ0) is 48.3. The summed E-state index contributed by atoms with van der Waals surface area (Å²) in [6.45, 7) is 17.6. The van der Waals surface area contributed by atoms with Gasteiger partial charge >= 0.3 is 0 Å². The number of hydrogen-bond acceptors (Lipinski definition) is 12. The van der Waals surface area contributed by atoms with E-state index in [1.807, 2.05) is 59.4 Å². The Morgan fingerprint density at radius 2 is 1.70 bits per heavy atom. The minimum atomic E-state index is -1.20. The third-order valence-electron chi connectivity index (χ3n) is 12.6. The van der Waals surface area contributed by atoms with Gasteiger partial charge in [0, 0.05) is 68.2 Å². The molecule has 4 aromatic rings. The van der Waals surface area contributed by atoms with E-state index in [4.69, 9.17) is 14.5 Å². The van der Waals surface area contributed by atoms with Crippen molar-refractivity contribution >= 4 is 39.9 Å². The number of aromatic nitrogens is 2. The molecular weight excluding hydrogens is 886 g/mol. The first-order chi connectivity index (χ1) is 31.7. The smallest absolute Gasteiger partial charge is 0.257 e. The highest BCUT2D eigenvalue weighted by molar-refractivity contribution is 7.14. The summed E-state index contributed by atoms with van der Waals surface area (Å²) < 4.78 is 54.3. The van der Waals surface area contributed by atoms with Gasteiger partial charge in [0.25, 0.3) is 5.91 Å². The third kappa shape index (κ3) is 12.1. The molecule has 7 rings (SSSR count). The Labute approximate surface area is 394 Å². The maximum atomic E-state index is 15.1. The number of nitrogens with one attached hydrogen (secondary N) is 3. The van der Waals surface area contributed by atoms with Gasteiger partial charge in [-0.2, -0.15) is 4.39 Å². The number of aliphatic hydroxyl groups excluding tert-OH is 1. The number of hydrogen-bond donors (Lipinski definition) is 4. The molecule has 3 amide bonds. The number of piperazine rings is 1. The van der Waals surface area contributed by atoms with E-state index in [2.05, 4.69) is 25.8 Å². The second kappa shape index (κ2) is 20.6. The summed E-state index contributed by atoms with van der Waals surface area (Å²) in [5.74, 6) is -3.91. The quantitative estimate of drug-likeness (QED) is 0.105. The second-order valence-electron chi connectivity index (χ2n) is 20.2. The number of nitrogens with zero attached hydrogens (tertiary/aromatic N) is 5. The number of carbonyl (C=O) groups excluding carboxylic acids is 3. The summed E-state index contributed by atoms with van der Waals surface area (Å²) in [6.07, 6.45) is 1.00. The molecule has 67 heavy (non-hydrogen) atoms. The molecule has 18 heteroatoms. The van der Waals surface area contributed by atoms with Crippen LogP contribution >= 0.6 is 11.3 Å². The standard InChI is InChI=1S/C49H63F3N8O6S/c1-30-21-59(22-41(63)60-29-49(6,7)44-38(60)19-32(36(23-61)56-44)18-31-8-10-33(50)11-9-31)39(20-53-30)45(64)55-28-48(4,5)26-47(2,3)27-54-40(62)24-66-43-34(12-13-35(51)42(43)52)37-25-67-46(57-37)58-14-16-65-17-15-58/h8-13,19,25,30,39,53,61H,14-18,20-24,26-29H2,1-7H3,(H,54,62)(H,55,64)/t30-,39-/m1/s1. The molecule has 362 valence electrons. The number of thiazole rings is 1. The first kappa shape index (κ1) is 49.8. The number of fused-ring (bicyclic) bond motifs is 1. The van der Waals surface area contributed by atoms with Crippen LogP contribution in [-0.2, 0) is 37.6 Å². The molecule has 0 aliphatic carbocycles. The predicted octanol–water partition coefficient (Wildman–Crippen LogP) is 5.58. The maximum absolute atomic E-state index is 15.1. The number of benzene rings is 2. The Morgan fingerprint density at radius 1 is 1.00 bits per heavy atom. The van der Waals surface area contributed by atoms with Crippen LogP contribution in [0.4, 0.5) is 24.0 Å². The largest absolute Gasteiger partial charge is 0.480 e. The van der Waals surface area contributed by atoms with E-state index in [9.17, 15) is 28.3 Å². The van der Waals surface area contributed by atoms with E-state index in [0.29, 0.717) is 88.1 Å². The van der Waals surface area contributed by atoms with Gasteiger partial charge in [-0.15, -0.1) is 11.3 Å². The molecule has 2 atom stereocenters. The molecule has 2 aromatic carbocycles. The number of halogens is 3. The van der Waals surface area contributed by atoms with E-state index >= 15 is 4.39 Å². The summed E-state index contributed by atoms with van der Waals surface area (Å²) in [5, 5.41) is 22.2. The lowest BCUT2D eigenvalue weighted by molar-refractivity contribution is -0.130. The Bertz CT molecular complexity index is 2430. The number of amides is 3. The number of anilines is 2. The van der Waals surface area contributed by atoms with Crippen LogP contribution in [0.15, 0.2) is 47.8 Å². The van der Waals surface area contributed by atoms with E-state index in [1.165, 1.54) is 29.5 Å². The van der Waals surface area contributed by atoms with Gasteiger partial charge in [0.05, 0.1) is 49.1 Å². The molecule has 0 radical (unpaired) electrons. The van der Waals surface area contributed by atoms with Gasteiger partial charge in [0.2, 0.25) is 17.6 Å². The topological polar surface area (TPSA) is 161 Å². The zero-order valence-corrected chi connectivity index (χ0v) is 40.3. The molecular formula is C49H63F3N8O6S. The Balaban J connectivity index is 0.930. The summed E-state index contributed by atoms with van der Waals surface area (Å²) in [6, 6.07) is 9.90. The van der Waals surface area contributed by atoms with Crippen LogP contribution in [0.3, 0.4) is 0 Å². The van der Waals surface area contributed by atoms with Crippen molar-refractivity contribution in [2.75, 3.05) is 82.0 Å². The van der Waals surface area contributed by atoms with Gasteiger partial charge in [-0.05, 0) is 72.1 Å². The number of rotatable bonds is 17. The van der Waals surface area contributed by atoms with Crippen molar-refractivity contribution in [1.29, 1.82) is 0 Å². The lowest BCUT2D eigenvalue weighted by Crippen LogP contribution is -2.62. The average molecular weight is 949 g/mol. The molecule has 2 aromatic heterocycles. The zero-order valence-electron chi connectivity index (χ0n) is 39.4. The highest BCUT2D eigenvalue weighted by Gasteiger charge is 2.42. The molecule has 0 saturated carbocycles. The summed E-state index contributed by atoms with van der Waals surface area (Å²) in [7, 11) is 0. The minimum Gasteiger partial charge on any atom is -0.480 e. The average Bonchev–Trinajstić information content (AvgIpc) is 3.88. The van der Waals surface area contributed by atoms with Crippen molar-refractivity contribution < 1.29 is 42.1 Å². The fourth-order valence-electron chi connectivity index (χ4n) is 9.41. The van der Waals surface area contributed by atoms with Crippen LogP contribution in [0.2, 0.25) is 0 Å². The molecule has 3 aliphatic heterocycles. The lowest BCUT2D eigenvalue weighted by atomic mass is 9.75. The Morgan fingerprint density at radius 3 is 2.40 bits per heavy atom. The molecule has 14 nitrogen and oxygen atoms in total. The Hall–Kier alpha value is -5.14. The fourth-order valence-corrected chi connectivity index (χ4v) is 10.3. The first-order valence-electron chi connectivity index (χ1n) is 22.8. The number of morpholine rings is 1. The van der Waals surface area contributed by atoms with E-state index in [1.54, 1.807) is 22.4 Å². The van der Waals surface area contributed by atoms with Crippen molar-refractivity contribution in [3.8, 4) is 17.0 Å². The summed E-state index contributed by atoms with van der Waals surface area (Å²) in [4.78, 5) is 56.6. The molecule has 0 unspecified atom stereocenters. The van der Waals surface area contributed by atoms with Crippen LogP contribution in [0.25, 0.3) is 11.3 Å². The highest BCUT2D eigenvalue weighted by Crippen LogP contribution is 2.41. The van der Waals surface area contributed by atoms with Gasteiger partial charge in [0.1, 0.15) is 11.9 Å². The normalized spacial score (nSPS) is 18.7. The van der Waals surface area contributed by atoms with Crippen molar-refractivity contribution in [1.82, 2.24) is 30.8 Å². The van der Waals surface area contributed by atoms with Crippen LogP contribution in [0.5, 0.6) is 5.75 Å². The van der Waals surface area contributed by atoms with Crippen LogP contribution in [0, 0.1) is 28.3 Å². The van der Waals surface area contributed by atoms with Crippen molar-refractivity contribution in [2.24, 2.45) is 10.8 Å². The molecule has 3 aliphatic rings. The summed E-state index contributed by atoms with van der Waals surface area (Å²) in [5.41, 5.74) is 2.79. The number of carbonyl (C=O) groups is 3. The van der Waals surface area contributed by atoms with Crippen molar-refractivity contribution in [3.63, 3.8) is 0 Å². The molecule has 2 fully saturated rings. The van der Waals surface area contributed by atoms with Crippen molar-refractivity contribution in [3.05, 3.63) is 87.8 Å². The number of aliphatic hydroxyl groups is 1. The SMILES string of the molecule is C[C@@H]1CN(CC(=O)N2CC(C)(C)c3nc(CO)c(Cc4ccc(F)cc4)cc32)[C@@H](C(=O)NCC(C)(C)CC(C)(C)CNC(=O)COc2c(-c3csc(N4CCOCC4)n3)ccc(F)c2F)CN1. The van der Waals surface area contributed by atoms with Gasteiger partial charge in [-0.1, -0.05) is 53.7 Å². The minimum absolute atomic E-state index is 0.00239. The molecule has 0 bridgehead atoms. The molecule has 5 heterocycles. The molecule has 0 spiro atoms. The summed E-state index contributed by atoms with van der Waals surface area (Å²) >= 11 is 1.38. The second-order valence-corrected chi connectivity index (χ2v) is 21.0. The number of ether oxygens (including phenoxy) is 2. The van der Waals surface area contributed by atoms with Crippen LogP contribution in [-0.4, -0.2) is 122 Å². The predicted molar refractivity (Wildman–Crippen MR) is 252 cm³/mol.